The Morgan fingerprint density at radius 2 is 2.27 bits per heavy atom. The number of halogens is 1. The third-order valence-corrected chi connectivity index (χ3v) is 2.26. The molecule has 0 saturated carbocycles. The second-order valence-corrected chi connectivity index (χ2v) is 3.38. The van der Waals surface area contributed by atoms with Crippen molar-refractivity contribution in [3.8, 4) is 5.75 Å². The second kappa shape index (κ2) is 5.00. The van der Waals surface area contributed by atoms with E-state index in [0.29, 0.717) is 16.3 Å². The van der Waals surface area contributed by atoms with Gasteiger partial charge in [-0.1, -0.05) is 17.7 Å². The summed E-state index contributed by atoms with van der Waals surface area (Å²) in [5.41, 5.74) is 0.309. The van der Waals surface area contributed by atoms with Crippen LogP contribution < -0.4 is 4.74 Å². The molecule has 0 spiro atoms. The number of aliphatic hydroxyl groups excluding tert-OH is 1. The highest BCUT2D eigenvalue weighted by Crippen LogP contribution is 2.33. The molecule has 1 aromatic rings. The van der Waals surface area contributed by atoms with Crippen molar-refractivity contribution in [2.24, 2.45) is 0 Å². The molecule has 0 amide bonds. The van der Waals surface area contributed by atoms with Gasteiger partial charge in [-0.3, -0.25) is 4.79 Å². The SMILES string of the molecule is COc1cccc(Cl)c1[C@@H](O)CC(=O)O. The number of aliphatic carboxylic acids is 1. The molecule has 0 aliphatic heterocycles. The standard InChI is InChI=1S/C10H11ClO4/c1-15-8-4-2-3-6(11)10(8)7(12)5-9(13)14/h2-4,7,12H,5H2,1H3,(H,13,14)/t7-/m0/s1. The van der Waals surface area contributed by atoms with Crippen LogP contribution in [0.5, 0.6) is 5.75 Å². The van der Waals surface area contributed by atoms with Gasteiger partial charge in [-0.2, -0.15) is 0 Å². The zero-order chi connectivity index (χ0) is 11.4. The highest BCUT2D eigenvalue weighted by molar-refractivity contribution is 6.31. The smallest absolute Gasteiger partial charge is 0.306 e. The number of benzene rings is 1. The minimum Gasteiger partial charge on any atom is -0.496 e. The number of rotatable bonds is 4. The average Bonchev–Trinajstić information content (AvgIpc) is 2.15. The summed E-state index contributed by atoms with van der Waals surface area (Å²) in [7, 11) is 1.43. The van der Waals surface area contributed by atoms with Gasteiger partial charge in [-0.05, 0) is 12.1 Å². The second-order valence-electron chi connectivity index (χ2n) is 2.97. The zero-order valence-corrected chi connectivity index (χ0v) is 8.86. The molecule has 0 radical (unpaired) electrons. The number of methoxy groups -OCH3 is 1. The lowest BCUT2D eigenvalue weighted by Crippen LogP contribution is -2.07. The molecule has 1 aromatic carbocycles. The lowest BCUT2D eigenvalue weighted by atomic mass is 10.1. The van der Waals surface area contributed by atoms with Gasteiger partial charge in [0.2, 0.25) is 0 Å². The highest BCUT2D eigenvalue weighted by Gasteiger charge is 2.19. The predicted molar refractivity (Wildman–Crippen MR) is 55.2 cm³/mol. The zero-order valence-electron chi connectivity index (χ0n) is 8.11. The predicted octanol–water partition coefficient (Wildman–Crippen LogP) is 1.86. The maximum atomic E-state index is 10.5. The van der Waals surface area contributed by atoms with Crippen LogP contribution in [-0.2, 0) is 4.79 Å². The van der Waals surface area contributed by atoms with Gasteiger partial charge in [-0.25, -0.2) is 0 Å². The molecule has 5 heteroatoms. The molecule has 4 nitrogen and oxygen atoms in total. The molecule has 0 aliphatic carbocycles. The largest absolute Gasteiger partial charge is 0.496 e. The number of carbonyl (C=O) groups is 1. The Morgan fingerprint density at radius 3 is 2.80 bits per heavy atom. The first-order valence-corrected chi connectivity index (χ1v) is 4.66. The summed E-state index contributed by atoms with van der Waals surface area (Å²) >= 11 is 5.85. The fraction of sp³-hybridized carbons (Fsp3) is 0.300. The molecule has 15 heavy (non-hydrogen) atoms. The number of hydrogen-bond donors (Lipinski definition) is 2. The maximum Gasteiger partial charge on any atom is 0.306 e. The highest BCUT2D eigenvalue weighted by atomic mass is 35.5. The molecule has 0 aromatic heterocycles. The van der Waals surface area contributed by atoms with Gasteiger partial charge in [0.15, 0.2) is 0 Å². The monoisotopic (exact) mass is 230 g/mol. The van der Waals surface area contributed by atoms with Crippen LogP contribution in [-0.4, -0.2) is 23.3 Å². The Kier molecular flexibility index (Phi) is 3.94. The molecule has 2 N–H and O–H groups in total. The van der Waals surface area contributed by atoms with Gasteiger partial charge < -0.3 is 14.9 Å². The van der Waals surface area contributed by atoms with E-state index in [-0.39, 0.29) is 0 Å². The van der Waals surface area contributed by atoms with E-state index in [9.17, 15) is 9.90 Å². The normalized spacial score (nSPS) is 12.2. The minimum absolute atomic E-state index is 0.295. The van der Waals surface area contributed by atoms with Gasteiger partial charge in [-0.15, -0.1) is 0 Å². The van der Waals surface area contributed by atoms with Crippen molar-refractivity contribution in [3.05, 3.63) is 28.8 Å². The van der Waals surface area contributed by atoms with Gasteiger partial charge in [0, 0.05) is 5.56 Å². The molecule has 0 saturated heterocycles. The van der Waals surface area contributed by atoms with Crippen LogP contribution in [0.1, 0.15) is 18.1 Å². The van der Waals surface area contributed by atoms with E-state index in [1.54, 1.807) is 18.2 Å². The Morgan fingerprint density at radius 1 is 1.60 bits per heavy atom. The van der Waals surface area contributed by atoms with Crippen molar-refractivity contribution < 1.29 is 19.7 Å². The molecule has 0 fully saturated rings. The fourth-order valence-electron chi connectivity index (χ4n) is 1.29. The van der Waals surface area contributed by atoms with Crippen molar-refractivity contribution in [2.45, 2.75) is 12.5 Å². The van der Waals surface area contributed by atoms with E-state index < -0.39 is 18.5 Å². The molecule has 82 valence electrons. The first-order chi connectivity index (χ1) is 7.06. The molecular weight excluding hydrogens is 220 g/mol. The molecule has 0 heterocycles. The summed E-state index contributed by atoms with van der Waals surface area (Å²) in [6.45, 7) is 0. The summed E-state index contributed by atoms with van der Waals surface area (Å²) in [5.74, 6) is -0.708. The summed E-state index contributed by atoms with van der Waals surface area (Å²) < 4.78 is 4.99. The van der Waals surface area contributed by atoms with Gasteiger partial charge >= 0.3 is 5.97 Å². The average molecular weight is 231 g/mol. The summed E-state index contributed by atoms with van der Waals surface area (Å²) in [6, 6.07) is 4.86. The molecular formula is C10H11ClO4. The van der Waals surface area contributed by atoms with Crippen LogP contribution in [0.4, 0.5) is 0 Å². The quantitative estimate of drug-likeness (QED) is 0.829. The van der Waals surface area contributed by atoms with Crippen LogP contribution in [0.15, 0.2) is 18.2 Å². The lowest BCUT2D eigenvalue weighted by molar-refractivity contribution is -0.139. The third-order valence-electron chi connectivity index (χ3n) is 1.93. The Bertz CT molecular complexity index is 364. The van der Waals surface area contributed by atoms with Crippen LogP contribution in [0.3, 0.4) is 0 Å². The van der Waals surface area contributed by atoms with Crippen molar-refractivity contribution in [1.29, 1.82) is 0 Å². The summed E-state index contributed by atoms with van der Waals surface area (Å²) in [6.07, 6.45) is -1.56. The van der Waals surface area contributed by atoms with E-state index >= 15 is 0 Å². The number of ether oxygens (including phenoxy) is 1. The fourth-order valence-corrected chi connectivity index (χ4v) is 1.58. The van der Waals surface area contributed by atoms with Crippen LogP contribution >= 0.6 is 11.6 Å². The van der Waals surface area contributed by atoms with Crippen molar-refractivity contribution in [3.63, 3.8) is 0 Å². The van der Waals surface area contributed by atoms with E-state index in [1.165, 1.54) is 7.11 Å². The van der Waals surface area contributed by atoms with Crippen molar-refractivity contribution in [1.82, 2.24) is 0 Å². The summed E-state index contributed by atoms with van der Waals surface area (Å²) in [5, 5.41) is 18.5. The third kappa shape index (κ3) is 2.84. The van der Waals surface area contributed by atoms with Gasteiger partial charge in [0.1, 0.15) is 5.75 Å². The molecule has 0 unspecified atom stereocenters. The first-order valence-electron chi connectivity index (χ1n) is 4.28. The van der Waals surface area contributed by atoms with E-state index in [4.69, 9.17) is 21.4 Å². The van der Waals surface area contributed by atoms with Gasteiger partial charge in [0.05, 0.1) is 24.7 Å². The minimum atomic E-state index is -1.16. The van der Waals surface area contributed by atoms with Crippen molar-refractivity contribution >= 4 is 17.6 Å². The van der Waals surface area contributed by atoms with E-state index in [2.05, 4.69) is 0 Å². The van der Waals surface area contributed by atoms with Crippen LogP contribution in [0, 0.1) is 0 Å². The van der Waals surface area contributed by atoms with Crippen LogP contribution in [0.2, 0.25) is 5.02 Å². The Labute approximate surface area is 92.1 Å². The number of carboxylic acids is 1. The molecule has 0 bridgehead atoms. The van der Waals surface area contributed by atoms with Crippen LogP contribution in [0.25, 0.3) is 0 Å². The summed E-state index contributed by atoms with van der Waals surface area (Å²) in [4.78, 5) is 10.5. The van der Waals surface area contributed by atoms with E-state index in [0.717, 1.165) is 0 Å². The maximum absolute atomic E-state index is 10.5. The Balaban J connectivity index is 3.05. The Hall–Kier alpha value is -1.26. The number of carboxylic acid groups (broad SMARTS) is 1. The molecule has 1 atom stereocenters. The lowest BCUT2D eigenvalue weighted by Gasteiger charge is -2.14. The first kappa shape index (κ1) is 11.8. The van der Waals surface area contributed by atoms with Gasteiger partial charge in [0.25, 0.3) is 0 Å². The van der Waals surface area contributed by atoms with Crippen molar-refractivity contribution in [2.75, 3.05) is 7.11 Å². The molecule has 0 aliphatic rings. The van der Waals surface area contributed by atoms with E-state index in [1.807, 2.05) is 0 Å². The number of aliphatic hydroxyl groups is 1. The topological polar surface area (TPSA) is 66.8 Å². The number of hydrogen-bond acceptors (Lipinski definition) is 3. The molecule has 1 rings (SSSR count).